The van der Waals surface area contributed by atoms with Crippen LogP contribution in [0.15, 0.2) is 64.7 Å². The fourth-order valence-electron chi connectivity index (χ4n) is 3.92. The fraction of sp³-hybridized carbons (Fsp3) is 0.217. The number of hydrogen-bond donors (Lipinski definition) is 1. The van der Waals surface area contributed by atoms with Crippen LogP contribution < -0.4 is 15.6 Å². The van der Waals surface area contributed by atoms with E-state index in [4.69, 9.17) is 9.72 Å². The predicted molar refractivity (Wildman–Crippen MR) is 124 cm³/mol. The van der Waals surface area contributed by atoms with Crippen LogP contribution in [0.25, 0.3) is 16.7 Å². The minimum Gasteiger partial charge on any atom is -0.495 e. The van der Waals surface area contributed by atoms with Crippen molar-refractivity contribution in [1.82, 2.24) is 19.3 Å². The largest absolute Gasteiger partial charge is 0.495 e. The lowest BCUT2D eigenvalue weighted by atomic mass is 10.2. The van der Waals surface area contributed by atoms with Gasteiger partial charge in [0.2, 0.25) is 5.91 Å². The van der Waals surface area contributed by atoms with Crippen molar-refractivity contribution in [2.24, 2.45) is 0 Å². The van der Waals surface area contributed by atoms with E-state index in [1.807, 2.05) is 43.3 Å². The van der Waals surface area contributed by atoms with Crippen LogP contribution in [0.5, 0.6) is 5.75 Å². The lowest BCUT2D eigenvalue weighted by Gasteiger charge is -2.14. The van der Waals surface area contributed by atoms with Crippen LogP contribution in [0.4, 0.5) is 5.69 Å². The molecule has 8 nitrogen and oxygen atoms in total. The standard InChI is InChI=1S/C23H21N5O3S/c1-14-7-3-5-9-18(14)28-21-16(12-24-28)22(30)27-15(13-32-23(27)26-21)11-20(29)25-17-8-4-6-10-19(17)31-2/h3-10,12,15H,11,13H2,1-2H3,(H,25,29). The maximum atomic E-state index is 13.3. The van der Waals surface area contributed by atoms with E-state index in [2.05, 4.69) is 10.4 Å². The summed E-state index contributed by atoms with van der Waals surface area (Å²) in [5.74, 6) is 1.01. The van der Waals surface area contributed by atoms with Crippen LogP contribution in [0.2, 0.25) is 0 Å². The van der Waals surface area contributed by atoms with E-state index in [0.717, 1.165) is 11.3 Å². The van der Waals surface area contributed by atoms with Crippen LogP contribution in [0.1, 0.15) is 18.0 Å². The molecule has 32 heavy (non-hydrogen) atoms. The molecule has 0 saturated heterocycles. The highest BCUT2D eigenvalue weighted by Gasteiger charge is 2.30. The molecular weight excluding hydrogens is 426 g/mol. The molecule has 1 atom stereocenters. The Morgan fingerprint density at radius 3 is 2.81 bits per heavy atom. The van der Waals surface area contributed by atoms with Gasteiger partial charge >= 0.3 is 0 Å². The van der Waals surface area contributed by atoms with E-state index in [1.165, 1.54) is 11.8 Å². The van der Waals surface area contributed by atoms with Gasteiger partial charge in [0.15, 0.2) is 10.8 Å². The SMILES string of the molecule is COc1ccccc1NC(=O)CC1CSc2nc3c(cnn3-c3ccccc3C)c(=O)n21. The van der Waals surface area contributed by atoms with E-state index >= 15 is 0 Å². The molecule has 0 saturated carbocycles. The third-order valence-electron chi connectivity index (χ3n) is 5.52. The Labute approximate surface area is 188 Å². The average molecular weight is 448 g/mol. The number of aryl methyl sites for hydroxylation is 1. The van der Waals surface area contributed by atoms with Crippen LogP contribution >= 0.6 is 11.8 Å². The zero-order chi connectivity index (χ0) is 22.2. The number of ether oxygens (including phenoxy) is 1. The zero-order valence-electron chi connectivity index (χ0n) is 17.6. The third kappa shape index (κ3) is 3.44. The number of nitrogens with one attached hydrogen (secondary N) is 1. The summed E-state index contributed by atoms with van der Waals surface area (Å²) in [5.41, 5.74) is 2.88. The average Bonchev–Trinajstić information content (AvgIpc) is 3.39. The number of anilines is 1. The molecule has 0 radical (unpaired) electrons. The molecule has 0 fully saturated rings. The second-order valence-electron chi connectivity index (χ2n) is 7.57. The van der Waals surface area contributed by atoms with Crippen molar-refractivity contribution in [1.29, 1.82) is 0 Å². The van der Waals surface area contributed by atoms with Crippen molar-refractivity contribution in [2.45, 2.75) is 24.5 Å². The summed E-state index contributed by atoms with van der Waals surface area (Å²) in [7, 11) is 1.56. The van der Waals surface area contributed by atoms with Crippen molar-refractivity contribution < 1.29 is 9.53 Å². The van der Waals surface area contributed by atoms with Gasteiger partial charge < -0.3 is 10.1 Å². The summed E-state index contributed by atoms with van der Waals surface area (Å²) in [4.78, 5) is 30.8. The Hall–Kier alpha value is -3.59. The molecule has 1 N–H and O–H groups in total. The molecule has 0 spiro atoms. The first-order chi connectivity index (χ1) is 15.6. The van der Waals surface area contributed by atoms with Crippen LogP contribution in [0.3, 0.4) is 0 Å². The Bertz CT molecular complexity index is 1390. The number of amides is 1. The van der Waals surface area contributed by atoms with Crippen molar-refractivity contribution in [3.8, 4) is 11.4 Å². The molecular formula is C23H21N5O3S. The van der Waals surface area contributed by atoms with Gasteiger partial charge in [0.25, 0.3) is 5.56 Å². The molecule has 2 aromatic heterocycles. The Morgan fingerprint density at radius 1 is 1.22 bits per heavy atom. The number of benzene rings is 2. The fourth-order valence-corrected chi connectivity index (χ4v) is 5.05. The van der Waals surface area contributed by atoms with Crippen molar-refractivity contribution >= 4 is 34.4 Å². The predicted octanol–water partition coefficient (Wildman–Crippen LogP) is 3.57. The summed E-state index contributed by atoms with van der Waals surface area (Å²) < 4.78 is 8.62. The number of hydrogen-bond acceptors (Lipinski definition) is 6. The van der Waals surface area contributed by atoms with Gasteiger partial charge in [-0.1, -0.05) is 42.1 Å². The molecule has 3 heterocycles. The molecule has 1 amide bonds. The molecule has 1 aliphatic heterocycles. The van der Waals surface area contributed by atoms with Crippen molar-refractivity contribution in [2.75, 3.05) is 18.2 Å². The second kappa shape index (κ2) is 8.16. The molecule has 5 rings (SSSR count). The molecule has 4 aromatic rings. The number of nitrogens with zero attached hydrogens (tertiary/aromatic N) is 4. The van der Waals surface area contributed by atoms with E-state index in [-0.39, 0.29) is 23.9 Å². The first kappa shape index (κ1) is 20.3. The minimum atomic E-state index is -0.282. The highest BCUT2D eigenvalue weighted by Crippen LogP contribution is 2.34. The van der Waals surface area contributed by atoms with Gasteiger partial charge in [0.05, 0.1) is 30.7 Å². The molecule has 1 aliphatic rings. The molecule has 2 aromatic carbocycles. The van der Waals surface area contributed by atoms with Gasteiger partial charge in [0.1, 0.15) is 11.1 Å². The summed E-state index contributed by atoms with van der Waals surface area (Å²) >= 11 is 1.48. The van der Waals surface area contributed by atoms with Gasteiger partial charge in [-0.3, -0.25) is 14.2 Å². The summed E-state index contributed by atoms with van der Waals surface area (Å²) in [5, 5.41) is 8.35. The van der Waals surface area contributed by atoms with Crippen LogP contribution in [-0.4, -0.2) is 38.1 Å². The topological polar surface area (TPSA) is 91.0 Å². The zero-order valence-corrected chi connectivity index (χ0v) is 18.4. The number of carbonyl (C=O) groups excluding carboxylic acids is 1. The van der Waals surface area contributed by atoms with Crippen molar-refractivity contribution in [3.63, 3.8) is 0 Å². The lowest BCUT2D eigenvalue weighted by molar-refractivity contribution is -0.116. The summed E-state index contributed by atoms with van der Waals surface area (Å²) in [6, 6.07) is 14.8. The molecule has 9 heteroatoms. The van der Waals surface area contributed by atoms with Crippen LogP contribution in [0, 0.1) is 6.92 Å². The molecule has 0 bridgehead atoms. The minimum absolute atomic E-state index is 0.164. The van der Waals surface area contributed by atoms with E-state index in [0.29, 0.717) is 33.4 Å². The van der Waals surface area contributed by atoms with Gasteiger partial charge in [-0.05, 0) is 30.7 Å². The van der Waals surface area contributed by atoms with Crippen LogP contribution in [-0.2, 0) is 4.79 Å². The Kier molecular flexibility index (Phi) is 5.18. The quantitative estimate of drug-likeness (QED) is 0.470. The number of carbonyl (C=O) groups is 1. The number of thioether (sulfide) groups is 1. The maximum absolute atomic E-state index is 13.3. The molecule has 0 aliphatic carbocycles. The monoisotopic (exact) mass is 447 g/mol. The highest BCUT2D eigenvalue weighted by molar-refractivity contribution is 7.99. The second-order valence-corrected chi connectivity index (χ2v) is 8.55. The first-order valence-electron chi connectivity index (χ1n) is 10.2. The molecule has 162 valence electrons. The first-order valence-corrected chi connectivity index (χ1v) is 11.2. The highest BCUT2D eigenvalue weighted by atomic mass is 32.2. The number of methoxy groups -OCH3 is 1. The lowest BCUT2D eigenvalue weighted by Crippen LogP contribution is -2.27. The molecule has 1 unspecified atom stereocenters. The van der Waals surface area contributed by atoms with Crippen molar-refractivity contribution in [3.05, 3.63) is 70.6 Å². The number of aromatic nitrogens is 4. The van der Waals surface area contributed by atoms with E-state index in [1.54, 1.807) is 34.7 Å². The summed E-state index contributed by atoms with van der Waals surface area (Å²) in [6.07, 6.45) is 1.72. The number of fused-ring (bicyclic) bond motifs is 2. The Balaban J connectivity index is 1.45. The smallest absolute Gasteiger partial charge is 0.265 e. The van der Waals surface area contributed by atoms with E-state index < -0.39 is 0 Å². The normalized spacial score (nSPS) is 15.0. The number of para-hydroxylation sites is 3. The van der Waals surface area contributed by atoms with Gasteiger partial charge in [0, 0.05) is 12.2 Å². The number of rotatable bonds is 5. The summed E-state index contributed by atoms with van der Waals surface area (Å²) in [6.45, 7) is 1.99. The maximum Gasteiger partial charge on any atom is 0.265 e. The Morgan fingerprint density at radius 2 is 2.00 bits per heavy atom. The van der Waals surface area contributed by atoms with Gasteiger partial charge in [-0.25, -0.2) is 9.67 Å². The van der Waals surface area contributed by atoms with Gasteiger partial charge in [-0.15, -0.1) is 0 Å². The third-order valence-corrected chi connectivity index (χ3v) is 6.61. The van der Waals surface area contributed by atoms with Gasteiger partial charge in [-0.2, -0.15) is 5.10 Å². The van der Waals surface area contributed by atoms with E-state index in [9.17, 15) is 9.59 Å².